The Labute approximate surface area is 221 Å². The Kier molecular flexibility index (Phi) is 4.01. The highest BCUT2D eigenvalue weighted by atomic mass is 32.3. The molecule has 0 saturated heterocycles. The van der Waals surface area contributed by atoms with E-state index in [2.05, 4.69) is 134 Å². The van der Waals surface area contributed by atoms with Crippen molar-refractivity contribution in [3.63, 3.8) is 0 Å². The molecule has 2 heteroatoms. The van der Waals surface area contributed by atoms with E-state index in [1.54, 1.807) is 4.91 Å². The molecule has 0 N–H and O–H groups in total. The highest BCUT2D eigenvalue weighted by molar-refractivity contribution is 8.35. The third-order valence-electron chi connectivity index (χ3n) is 9.56. The van der Waals surface area contributed by atoms with Crippen molar-refractivity contribution in [2.45, 2.75) is 24.8 Å². The van der Waals surface area contributed by atoms with Gasteiger partial charge in [-0.05, 0) is 69.7 Å². The molecule has 3 atom stereocenters. The average molecular weight is 500 g/mol. The van der Waals surface area contributed by atoms with E-state index in [0.29, 0.717) is 11.8 Å². The predicted octanol–water partition coefficient (Wildman–Crippen LogP) is 8.69. The summed E-state index contributed by atoms with van der Waals surface area (Å²) in [7, 11) is -0.860. The molecule has 0 amide bonds. The molecule has 0 bridgehead atoms. The van der Waals surface area contributed by atoms with Crippen LogP contribution in [0, 0.1) is 11.8 Å². The van der Waals surface area contributed by atoms with Crippen molar-refractivity contribution >= 4 is 31.8 Å². The molecule has 1 fully saturated rings. The monoisotopic (exact) mass is 499 g/mol. The van der Waals surface area contributed by atoms with Gasteiger partial charge in [-0.25, -0.2) is 10.0 Å². The summed E-state index contributed by atoms with van der Waals surface area (Å²) >= 11 is 0. The van der Waals surface area contributed by atoms with E-state index in [-0.39, 0.29) is 11.0 Å². The molecule has 8 rings (SSSR count). The largest absolute Gasteiger partial charge is 0.329 e. The summed E-state index contributed by atoms with van der Waals surface area (Å²) in [5, 5.41) is 2.75. The average Bonchev–Trinajstić information content (AvgIpc) is 3.43. The van der Waals surface area contributed by atoms with Gasteiger partial charge in [-0.1, -0.05) is 92.8 Å². The van der Waals surface area contributed by atoms with Gasteiger partial charge in [-0.2, -0.15) is 0 Å². The van der Waals surface area contributed by atoms with E-state index < -0.39 is 10.0 Å². The van der Waals surface area contributed by atoms with Gasteiger partial charge in [0.05, 0.1) is 11.1 Å². The summed E-state index contributed by atoms with van der Waals surface area (Å²) in [6, 6.07) is 23.2. The first-order valence-corrected chi connectivity index (χ1v) is 16.2. The number of hydrogen-bond donors (Lipinski definition) is 0. The van der Waals surface area contributed by atoms with Crippen molar-refractivity contribution in [3.05, 3.63) is 119 Å². The van der Waals surface area contributed by atoms with E-state index in [9.17, 15) is 0 Å². The third kappa shape index (κ3) is 2.57. The second-order valence-electron chi connectivity index (χ2n) is 12.6. The van der Waals surface area contributed by atoms with Crippen LogP contribution in [-0.4, -0.2) is 23.3 Å². The zero-order chi connectivity index (χ0) is 25.3. The van der Waals surface area contributed by atoms with Gasteiger partial charge in [-0.15, -0.1) is 0 Å². The van der Waals surface area contributed by atoms with E-state index in [1.165, 1.54) is 49.6 Å². The van der Waals surface area contributed by atoms with Gasteiger partial charge >= 0.3 is 0 Å². The highest BCUT2D eigenvalue weighted by Gasteiger charge is 2.69. The van der Waals surface area contributed by atoms with Gasteiger partial charge in [0.2, 0.25) is 0 Å². The molecule has 4 aliphatic carbocycles. The Balaban J connectivity index is 1.47. The lowest BCUT2D eigenvalue weighted by atomic mass is 9.82. The fourth-order valence-electron chi connectivity index (χ4n) is 7.91. The molecule has 4 aromatic rings. The molecule has 3 aromatic carbocycles. The standard InChI is InChI=1S/C35H33NS/c1-34(2)27-16-8-6-14-23(27)25-20-26-24-15-7-9-17-29(24)36(30(26)21-28(25)34)35-19-11-13-22-12-10-18-31(37(3,4)5)33(35)32(22)35/h6-21,32-33H,1-5H3. The van der Waals surface area contributed by atoms with E-state index >= 15 is 0 Å². The molecule has 3 unspecified atom stereocenters. The molecule has 184 valence electrons. The van der Waals surface area contributed by atoms with E-state index in [0.717, 1.165) is 0 Å². The van der Waals surface area contributed by atoms with E-state index in [4.69, 9.17) is 0 Å². The molecular weight excluding hydrogens is 466 g/mol. The van der Waals surface area contributed by atoms with Crippen LogP contribution in [0.2, 0.25) is 0 Å². The fraction of sp³-hybridized carbons (Fsp3) is 0.257. The van der Waals surface area contributed by atoms with Gasteiger partial charge in [-0.3, -0.25) is 0 Å². The summed E-state index contributed by atoms with van der Waals surface area (Å²) in [6.45, 7) is 4.79. The van der Waals surface area contributed by atoms with Crippen LogP contribution in [0.15, 0.2) is 108 Å². The fourth-order valence-corrected chi connectivity index (χ4v) is 9.48. The zero-order valence-corrected chi connectivity index (χ0v) is 23.1. The van der Waals surface area contributed by atoms with Crippen molar-refractivity contribution in [2.75, 3.05) is 18.8 Å². The normalized spacial score (nSPS) is 26.8. The topological polar surface area (TPSA) is 4.93 Å². The Bertz CT molecular complexity index is 1800. The summed E-state index contributed by atoms with van der Waals surface area (Å²) in [4.78, 5) is 1.64. The smallest absolute Gasteiger partial charge is 0.0792 e. The minimum absolute atomic E-state index is 0.0102. The number of fused-ring (bicyclic) bond motifs is 7. The third-order valence-corrected chi connectivity index (χ3v) is 11.4. The predicted molar refractivity (Wildman–Crippen MR) is 162 cm³/mol. The Morgan fingerprint density at radius 1 is 0.730 bits per heavy atom. The molecule has 1 saturated carbocycles. The number of rotatable bonds is 2. The first-order chi connectivity index (χ1) is 17.7. The number of nitrogens with zero attached hydrogens (tertiary/aromatic N) is 1. The van der Waals surface area contributed by atoms with Gasteiger partial charge in [0.25, 0.3) is 0 Å². The van der Waals surface area contributed by atoms with Crippen LogP contribution in [0.25, 0.3) is 32.9 Å². The molecule has 37 heavy (non-hydrogen) atoms. The summed E-state index contributed by atoms with van der Waals surface area (Å²) in [5.74, 6) is 0.992. The Hall–Kier alpha value is -3.23. The summed E-state index contributed by atoms with van der Waals surface area (Å²) in [5.41, 5.74) is 9.85. The molecule has 1 aromatic heterocycles. The van der Waals surface area contributed by atoms with Crippen molar-refractivity contribution in [1.29, 1.82) is 0 Å². The van der Waals surface area contributed by atoms with Crippen molar-refractivity contribution in [2.24, 2.45) is 11.8 Å². The maximum Gasteiger partial charge on any atom is 0.0792 e. The zero-order valence-electron chi connectivity index (χ0n) is 22.2. The van der Waals surface area contributed by atoms with Gasteiger partial charge in [0, 0.05) is 33.5 Å². The number of hydrogen-bond acceptors (Lipinski definition) is 0. The van der Waals surface area contributed by atoms with Crippen molar-refractivity contribution in [1.82, 2.24) is 4.57 Å². The number of para-hydroxylation sites is 1. The van der Waals surface area contributed by atoms with Gasteiger partial charge < -0.3 is 4.57 Å². The first kappa shape index (κ1) is 21.8. The van der Waals surface area contributed by atoms with Crippen LogP contribution >= 0.6 is 10.0 Å². The van der Waals surface area contributed by atoms with Crippen LogP contribution in [0.3, 0.4) is 0 Å². The summed E-state index contributed by atoms with van der Waals surface area (Å²) < 4.78 is 2.74. The molecule has 0 spiro atoms. The Morgan fingerprint density at radius 3 is 2.35 bits per heavy atom. The number of allylic oxidation sites excluding steroid dienone is 8. The maximum atomic E-state index is 2.74. The van der Waals surface area contributed by atoms with Crippen LogP contribution in [-0.2, 0) is 11.0 Å². The maximum absolute atomic E-state index is 2.74. The van der Waals surface area contributed by atoms with Crippen LogP contribution < -0.4 is 0 Å². The second-order valence-corrected chi connectivity index (χ2v) is 16.7. The van der Waals surface area contributed by atoms with E-state index in [1.807, 2.05) is 0 Å². The van der Waals surface area contributed by atoms with Gasteiger partial charge in [0.15, 0.2) is 0 Å². The minimum atomic E-state index is -0.860. The molecule has 1 heterocycles. The van der Waals surface area contributed by atoms with Crippen LogP contribution in [0.4, 0.5) is 0 Å². The van der Waals surface area contributed by atoms with Crippen molar-refractivity contribution in [3.8, 4) is 11.1 Å². The lowest BCUT2D eigenvalue weighted by Crippen LogP contribution is -2.22. The lowest BCUT2D eigenvalue weighted by molar-refractivity contribution is 0.574. The second kappa shape index (κ2) is 6.79. The number of aromatic nitrogens is 1. The van der Waals surface area contributed by atoms with Gasteiger partial charge in [0.1, 0.15) is 0 Å². The lowest BCUT2D eigenvalue weighted by Gasteiger charge is -2.32. The minimum Gasteiger partial charge on any atom is -0.329 e. The SMILES string of the molecule is CC1(C)c2ccccc2-c2cc3c4ccccc4n(C45C=CC=C6C=CC=C(S(C)(C)C)C4C65)c3cc21. The van der Waals surface area contributed by atoms with Crippen LogP contribution in [0.1, 0.15) is 25.0 Å². The molecule has 4 aliphatic rings. The Morgan fingerprint density at radius 2 is 1.51 bits per heavy atom. The van der Waals surface area contributed by atoms with Crippen LogP contribution in [0.5, 0.6) is 0 Å². The highest BCUT2D eigenvalue weighted by Crippen LogP contribution is 2.73. The van der Waals surface area contributed by atoms with Crippen molar-refractivity contribution < 1.29 is 0 Å². The molecular formula is C35H33NS. The molecule has 0 radical (unpaired) electrons. The summed E-state index contributed by atoms with van der Waals surface area (Å²) in [6.07, 6.45) is 21.7. The molecule has 0 aliphatic heterocycles. The first-order valence-electron chi connectivity index (χ1n) is 13.4. The quantitative estimate of drug-likeness (QED) is 0.260. The number of benzene rings is 3. The molecule has 1 nitrogen and oxygen atoms in total.